The number of ether oxygens (including phenoxy) is 1. The Balaban J connectivity index is 2.02. The highest BCUT2D eigenvalue weighted by atomic mass is 35.5. The average molecular weight is 382 g/mol. The predicted molar refractivity (Wildman–Crippen MR) is 99.3 cm³/mol. The molecule has 0 saturated carbocycles. The largest absolute Gasteiger partial charge is 0.465 e. The van der Waals surface area contributed by atoms with Gasteiger partial charge in [-0.25, -0.2) is 4.79 Å². The normalized spacial score (nSPS) is 13.4. The van der Waals surface area contributed by atoms with E-state index in [-0.39, 0.29) is 18.8 Å². The van der Waals surface area contributed by atoms with Crippen LogP contribution in [-0.2, 0) is 16.1 Å². The standard InChI is InChI=1S/C17H17Cl2N3O3/c1-3-25-15(23)9-22-16-14(20-17(22)24)6-11(8-21(16)2)10-4-12(18)7-13(19)5-10/h4-7H,3,8-9H2,1-2H3,(H,20,24). The van der Waals surface area contributed by atoms with Crippen molar-refractivity contribution in [3.05, 3.63) is 50.0 Å². The summed E-state index contributed by atoms with van der Waals surface area (Å²) in [7, 11) is 1.85. The lowest BCUT2D eigenvalue weighted by atomic mass is 10.0. The van der Waals surface area contributed by atoms with Crippen LogP contribution in [0.3, 0.4) is 0 Å². The lowest BCUT2D eigenvalue weighted by Crippen LogP contribution is -2.30. The molecule has 0 aliphatic carbocycles. The number of esters is 1. The van der Waals surface area contributed by atoms with E-state index in [1.807, 2.05) is 30.2 Å². The first-order chi connectivity index (χ1) is 11.9. The Labute approximate surface area is 154 Å². The van der Waals surface area contributed by atoms with Crippen molar-refractivity contribution in [1.29, 1.82) is 0 Å². The molecule has 6 nitrogen and oxygen atoms in total. The zero-order chi connectivity index (χ0) is 18.1. The highest BCUT2D eigenvalue weighted by Crippen LogP contribution is 2.32. The zero-order valence-corrected chi connectivity index (χ0v) is 15.3. The third-order valence-corrected chi connectivity index (χ3v) is 4.33. The average Bonchev–Trinajstić information content (AvgIpc) is 2.82. The SMILES string of the molecule is CCOC(=O)Cn1c2c([nH]c1=O)C=C(c1cc(Cl)cc(Cl)c1)CN2C. The van der Waals surface area contributed by atoms with Gasteiger partial charge in [-0.3, -0.25) is 9.36 Å². The fourth-order valence-electron chi connectivity index (χ4n) is 2.94. The van der Waals surface area contributed by atoms with Gasteiger partial charge in [-0.05, 0) is 42.3 Å². The van der Waals surface area contributed by atoms with Gasteiger partial charge >= 0.3 is 11.7 Å². The van der Waals surface area contributed by atoms with E-state index in [0.29, 0.717) is 28.1 Å². The minimum Gasteiger partial charge on any atom is -0.465 e. The molecule has 0 bridgehead atoms. The molecule has 0 unspecified atom stereocenters. The molecule has 1 aromatic carbocycles. The van der Waals surface area contributed by atoms with Crippen molar-refractivity contribution in [3.8, 4) is 0 Å². The first-order valence-electron chi connectivity index (χ1n) is 7.75. The molecule has 3 rings (SSSR count). The van der Waals surface area contributed by atoms with Crippen molar-refractivity contribution in [2.45, 2.75) is 13.5 Å². The summed E-state index contributed by atoms with van der Waals surface area (Å²) in [6, 6.07) is 5.32. The van der Waals surface area contributed by atoms with Crippen LogP contribution in [0.4, 0.5) is 5.82 Å². The van der Waals surface area contributed by atoms with Crippen molar-refractivity contribution in [3.63, 3.8) is 0 Å². The van der Waals surface area contributed by atoms with Gasteiger partial charge in [-0.15, -0.1) is 0 Å². The van der Waals surface area contributed by atoms with Gasteiger partial charge in [0.05, 0.1) is 12.3 Å². The van der Waals surface area contributed by atoms with Crippen molar-refractivity contribution < 1.29 is 9.53 Å². The van der Waals surface area contributed by atoms with Gasteiger partial charge in [0.15, 0.2) is 0 Å². The molecular weight excluding hydrogens is 365 g/mol. The van der Waals surface area contributed by atoms with E-state index in [2.05, 4.69) is 4.98 Å². The number of carbonyl (C=O) groups is 1. The summed E-state index contributed by atoms with van der Waals surface area (Å²) in [6.07, 6.45) is 1.88. The number of carbonyl (C=O) groups excluding carboxylic acids is 1. The Kier molecular flexibility index (Phi) is 4.92. The molecule has 2 heterocycles. The molecule has 1 N–H and O–H groups in total. The monoisotopic (exact) mass is 381 g/mol. The lowest BCUT2D eigenvalue weighted by molar-refractivity contribution is -0.143. The quantitative estimate of drug-likeness (QED) is 0.826. The molecule has 1 aliphatic rings. The second-order valence-electron chi connectivity index (χ2n) is 5.74. The number of rotatable bonds is 4. The summed E-state index contributed by atoms with van der Waals surface area (Å²) in [6.45, 7) is 2.42. The van der Waals surface area contributed by atoms with Crippen LogP contribution < -0.4 is 10.6 Å². The number of halogens is 2. The molecule has 1 aromatic heterocycles. The van der Waals surface area contributed by atoms with Gasteiger partial charge in [0.1, 0.15) is 12.4 Å². The van der Waals surface area contributed by atoms with Crippen LogP contribution in [0, 0.1) is 0 Å². The Morgan fingerprint density at radius 1 is 1.28 bits per heavy atom. The van der Waals surface area contributed by atoms with Gasteiger partial charge in [-0.2, -0.15) is 0 Å². The van der Waals surface area contributed by atoms with Crippen LogP contribution in [0.5, 0.6) is 0 Å². The van der Waals surface area contributed by atoms with Gasteiger partial charge < -0.3 is 14.6 Å². The molecule has 0 spiro atoms. The minimum atomic E-state index is -0.448. The van der Waals surface area contributed by atoms with E-state index in [0.717, 1.165) is 11.1 Å². The highest BCUT2D eigenvalue weighted by Gasteiger charge is 2.24. The van der Waals surface area contributed by atoms with Crippen LogP contribution in [0.2, 0.25) is 10.0 Å². The Bertz CT molecular complexity index is 894. The minimum absolute atomic E-state index is 0.130. The van der Waals surface area contributed by atoms with E-state index in [9.17, 15) is 9.59 Å². The fraction of sp³-hybridized carbons (Fsp3) is 0.294. The molecular formula is C17H17Cl2N3O3. The Morgan fingerprint density at radius 3 is 2.60 bits per heavy atom. The van der Waals surface area contributed by atoms with E-state index in [1.165, 1.54) is 4.57 Å². The van der Waals surface area contributed by atoms with Crippen molar-refractivity contribution in [2.24, 2.45) is 0 Å². The summed E-state index contributed by atoms with van der Waals surface area (Å²) in [5.74, 6) is 0.200. The number of nitrogens with zero attached hydrogens (tertiary/aromatic N) is 2. The second kappa shape index (κ2) is 6.98. The number of benzene rings is 1. The number of aromatic amines is 1. The number of imidazole rings is 1. The van der Waals surface area contributed by atoms with Crippen LogP contribution in [-0.4, -0.2) is 35.7 Å². The summed E-state index contributed by atoms with van der Waals surface area (Å²) in [4.78, 5) is 28.7. The number of anilines is 1. The molecule has 0 atom stereocenters. The molecule has 25 heavy (non-hydrogen) atoms. The van der Waals surface area contributed by atoms with Crippen LogP contribution >= 0.6 is 23.2 Å². The van der Waals surface area contributed by atoms with Gasteiger partial charge in [0.25, 0.3) is 0 Å². The molecule has 132 valence electrons. The summed E-state index contributed by atoms with van der Waals surface area (Å²) in [5, 5.41) is 1.09. The van der Waals surface area contributed by atoms with Crippen molar-refractivity contribution in [2.75, 3.05) is 25.1 Å². The zero-order valence-electron chi connectivity index (χ0n) is 13.8. The maximum Gasteiger partial charge on any atom is 0.328 e. The number of hydrogen-bond acceptors (Lipinski definition) is 4. The van der Waals surface area contributed by atoms with E-state index < -0.39 is 5.97 Å². The van der Waals surface area contributed by atoms with Gasteiger partial charge in [0, 0.05) is 23.6 Å². The maximum atomic E-state index is 12.2. The van der Waals surface area contributed by atoms with E-state index in [1.54, 1.807) is 13.0 Å². The number of likely N-dealkylation sites (N-methyl/N-ethyl adjacent to an activating group) is 1. The maximum absolute atomic E-state index is 12.2. The van der Waals surface area contributed by atoms with Crippen molar-refractivity contribution >= 4 is 46.6 Å². The molecule has 0 radical (unpaired) electrons. The number of H-pyrrole nitrogens is 1. The molecule has 0 saturated heterocycles. The first kappa shape index (κ1) is 17.6. The summed E-state index contributed by atoms with van der Waals surface area (Å²) < 4.78 is 6.32. The lowest BCUT2D eigenvalue weighted by Gasteiger charge is -2.26. The second-order valence-corrected chi connectivity index (χ2v) is 6.62. The first-order valence-corrected chi connectivity index (χ1v) is 8.51. The third kappa shape index (κ3) is 3.60. The number of nitrogens with one attached hydrogen (secondary N) is 1. The van der Waals surface area contributed by atoms with Crippen LogP contribution in [0.25, 0.3) is 11.6 Å². The number of aromatic nitrogens is 2. The van der Waals surface area contributed by atoms with Gasteiger partial charge in [0.2, 0.25) is 0 Å². The van der Waals surface area contributed by atoms with Gasteiger partial charge in [-0.1, -0.05) is 23.2 Å². The Morgan fingerprint density at radius 2 is 1.96 bits per heavy atom. The van der Waals surface area contributed by atoms with E-state index >= 15 is 0 Å². The molecule has 0 fully saturated rings. The Hall–Kier alpha value is -2.18. The predicted octanol–water partition coefficient (Wildman–Crippen LogP) is 3.04. The smallest absolute Gasteiger partial charge is 0.328 e. The summed E-state index contributed by atoms with van der Waals surface area (Å²) >= 11 is 12.2. The fourth-order valence-corrected chi connectivity index (χ4v) is 3.47. The molecule has 8 heteroatoms. The molecule has 0 amide bonds. The third-order valence-electron chi connectivity index (χ3n) is 3.90. The van der Waals surface area contributed by atoms with E-state index in [4.69, 9.17) is 27.9 Å². The topological polar surface area (TPSA) is 67.3 Å². The number of fused-ring (bicyclic) bond motifs is 1. The molecule has 1 aliphatic heterocycles. The summed E-state index contributed by atoms with van der Waals surface area (Å²) in [5.41, 5.74) is 2.12. The van der Waals surface area contributed by atoms with Crippen LogP contribution in [0.15, 0.2) is 23.0 Å². The van der Waals surface area contributed by atoms with Crippen molar-refractivity contribution in [1.82, 2.24) is 9.55 Å². The highest BCUT2D eigenvalue weighted by molar-refractivity contribution is 6.35. The molecule has 2 aromatic rings. The van der Waals surface area contributed by atoms with Crippen LogP contribution in [0.1, 0.15) is 18.2 Å². The number of hydrogen-bond donors (Lipinski definition) is 1.